The first kappa shape index (κ1) is 14.4. The lowest BCUT2D eigenvalue weighted by Crippen LogP contribution is -2.23. The van der Waals surface area contributed by atoms with E-state index in [0.29, 0.717) is 12.1 Å². The van der Waals surface area contributed by atoms with Gasteiger partial charge in [-0.1, -0.05) is 26.0 Å². The highest BCUT2D eigenvalue weighted by Gasteiger charge is 2.19. The summed E-state index contributed by atoms with van der Waals surface area (Å²) in [6.07, 6.45) is 6.56. The van der Waals surface area contributed by atoms with Crippen LogP contribution in [0.4, 0.5) is 0 Å². The second kappa shape index (κ2) is 6.95. The minimum Gasteiger partial charge on any atom is -0.490 e. The van der Waals surface area contributed by atoms with Gasteiger partial charge < -0.3 is 10.1 Å². The first-order chi connectivity index (χ1) is 9.22. The first-order valence-corrected chi connectivity index (χ1v) is 7.66. The maximum absolute atomic E-state index is 6.09. The lowest BCUT2D eigenvalue weighted by atomic mass is 9.89. The van der Waals surface area contributed by atoms with Gasteiger partial charge in [-0.3, -0.25) is 0 Å². The van der Waals surface area contributed by atoms with Crippen molar-refractivity contribution in [1.29, 1.82) is 0 Å². The number of hydrogen-bond acceptors (Lipinski definition) is 2. The van der Waals surface area contributed by atoms with Crippen LogP contribution >= 0.6 is 0 Å². The molecule has 0 bridgehead atoms. The molecule has 1 aliphatic rings. The van der Waals surface area contributed by atoms with Gasteiger partial charge in [-0.05, 0) is 62.8 Å². The van der Waals surface area contributed by atoms with E-state index in [2.05, 4.69) is 43.4 Å². The van der Waals surface area contributed by atoms with Crippen molar-refractivity contribution in [2.75, 3.05) is 7.05 Å². The minimum absolute atomic E-state index is 0.424. The molecule has 1 aromatic rings. The van der Waals surface area contributed by atoms with Crippen LogP contribution in [-0.2, 0) is 0 Å². The summed E-state index contributed by atoms with van der Waals surface area (Å²) in [4.78, 5) is 0. The highest BCUT2D eigenvalue weighted by Crippen LogP contribution is 2.28. The van der Waals surface area contributed by atoms with E-state index in [1.165, 1.54) is 31.2 Å². The Morgan fingerprint density at radius 2 is 1.79 bits per heavy atom. The molecule has 1 unspecified atom stereocenters. The topological polar surface area (TPSA) is 21.3 Å². The fourth-order valence-corrected chi connectivity index (χ4v) is 2.92. The van der Waals surface area contributed by atoms with Gasteiger partial charge in [0.15, 0.2) is 0 Å². The summed E-state index contributed by atoms with van der Waals surface area (Å²) in [5.41, 5.74) is 1.34. The molecular formula is C17H27NO. The fourth-order valence-electron chi connectivity index (χ4n) is 2.92. The van der Waals surface area contributed by atoms with Crippen molar-refractivity contribution in [3.8, 4) is 5.75 Å². The lowest BCUT2D eigenvalue weighted by molar-refractivity contribution is 0.135. The van der Waals surface area contributed by atoms with Crippen molar-refractivity contribution in [1.82, 2.24) is 5.32 Å². The van der Waals surface area contributed by atoms with Gasteiger partial charge in [0.05, 0.1) is 6.10 Å². The summed E-state index contributed by atoms with van der Waals surface area (Å²) in [6.45, 7) is 4.54. The van der Waals surface area contributed by atoms with Crippen LogP contribution in [0.25, 0.3) is 0 Å². The Balaban J connectivity index is 1.91. The molecule has 0 aromatic heterocycles. The molecule has 19 heavy (non-hydrogen) atoms. The van der Waals surface area contributed by atoms with E-state index in [1.54, 1.807) is 0 Å². The molecule has 1 saturated carbocycles. The number of rotatable bonds is 5. The summed E-state index contributed by atoms with van der Waals surface area (Å²) in [6, 6.07) is 9.06. The molecule has 1 aromatic carbocycles. The molecule has 2 nitrogen and oxygen atoms in total. The lowest BCUT2D eigenvalue weighted by Gasteiger charge is -2.27. The SMILES string of the molecule is CCC(NC)c1ccc(OC2CCC(C)CC2)cc1. The van der Waals surface area contributed by atoms with Crippen molar-refractivity contribution in [3.05, 3.63) is 29.8 Å². The molecule has 2 heteroatoms. The fraction of sp³-hybridized carbons (Fsp3) is 0.647. The highest BCUT2D eigenvalue weighted by atomic mass is 16.5. The molecule has 106 valence electrons. The molecule has 1 N–H and O–H groups in total. The standard InChI is InChI=1S/C17H27NO/c1-4-17(18-3)14-7-11-16(12-8-14)19-15-9-5-13(2)6-10-15/h7-8,11-13,15,17-18H,4-6,9-10H2,1-3H3. The number of ether oxygens (including phenoxy) is 1. The van der Waals surface area contributed by atoms with Gasteiger partial charge in [-0.25, -0.2) is 0 Å². The average Bonchev–Trinajstić information content (AvgIpc) is 2.44. The predicted molar refractivity (Wildman–Crippen MR) is 80.6 cm³/mol. The Morgan fingerprint density at radius 3 is 2.32 bits per heavy atom. The minimum atomic E-state index is 0.424. The van der Waals surface area contributed by atoms with E-state index < -0.39 is 0 Å². The molecule has 0 aliphatic heterocycles. The van der Waals surface area contributed by atoms with Gasteiger partial charge in [0.2, 0.25) is 0 Å². The quantitative estimate of drug-likeness (QED) is 0.852. The zero-order valence-corrected chi connectivity index (χ0v) is 12.5. The van der Waals surface area contributed by atoms with E-state index >= 15 is 0 Å². The van der Waals surface area contributed by atoms with Gasteiger partial charge >= 0.3 is 0 Å². The predicted octanol–water partition coefficient (Wildman–Crippen LogP) is 4.31. The van der Waals surface area contributed by atoms with Gasteiger partial charge in [-0.2, -0.15) is 0 Å². The van der Waals surface area contributed by atoms with E-state index in [9.17, 15) is 0 Å². The summed E-state index contributed by atoms with van der Waals surface area (Å²) >= 11 is 0. The van der Waals surface area contributed by atoms with Crippen LogP contribution in [0.1, 0.15) is 57.6 Å². The van der Waals surface area contributed by atoms with Crippen LogP contribution < -0.4 is 10.1 Å². The third kappa shape index (κ3) is 3.97. The second-order valence-corrected chi connectivity index (χ2v) is 5.82. The zero-order chi connectivity index (χ0) is 13.7. The normalized spacial score (nSPS) is 25.0. The van der Waals surface area contributed by atoms with Crippen LogP contribution in [0.5, 0.6) is 5.75 Å². The maximum atomic E-state index is 6.09. The molecule has 0 amide bonds. The van der Waals surface area contributed by atoms with E-state index in [4.69, 9.17) is 4.74 Å². The molecule has 0 radical (unpaired) electrons. The van der Waals surface area contributed by atoms with Crippen molar-refractivity contribution >= 4 is 0 Å². The van der Waals surface area contributed by atoms with Crippen molar-refractivity contribution in [2.45, 2.75) is 58.1 Å². The van der Waals surface area contributed by atoms with Crippen molar-refractivity contribution in [3.63, 3.8) is 0 Å². The summed E-state index contributed by atoms with van der Waals surface area (Å²) in [5, 5.41) is 3.33. The summed E-state index contributed by atoms with van der Waals surface area (Å²) < 4.78 is 6.09. The monoisotopic (exact) mass is 261 g/mol. The number of nitrogens with one attached hydrogen (secondary N) is 1. The van der Waals surface area contributed by atoms with Gasteiger partial charge in [0, 0.05) is 6.04 Å². The molecule has 1 fully saturated rings. The van der Waals surface area contributed by atoms with Crippen LogP contribution in [-0.4, -0.2) is 13.2 Å². The third-order valence-corrected chi connectivity index (χ3v) is 4.30. The molecule has 2 rings (SSSR count). The van der Waals surface area contributed by atoms with Crippen LogP contribution in [0.15, 0.2) is 24.3 Å². The van der Waals surface area contributed by atoms with E-state index in [-0.39, 0.29) is 0 Å². The molecule has 0 spiro atoms. The van der Waals surface area contributed by atoms with Crippen molar-refractivity contribution in [2.24, 2.45) is 5.92 Å². The first-order valence-electron chi connectivity index (χ1n) is 7.66. The molecular weight excluding hydrogens is 234 g/mol. The van der Waals surface area contributed by atoms with Crippen LogP contribution in [0.2, 0.25) is 0 Å². The summed E-state index contributed by atoms with van der Waals surface area (Å²) in [5.74, 6) is 1.90. The van der Waals surface area contributed by atoms with E-state index in [0.717, 1.165) is 18.1 Å². The molecule has 1 aliphatic carbocycles. The molecule has 0 saturated heterocycles. The third-order valence-electron chi connectivity index (χ3n) is 4.30. The summed E-state index contributed by atoms with van der Waals surface area (Å²) in [7, 11) is 2.02. The number of hydrogen-bond donors (Lipinski definition) is 1. The van der Waals surface area contributed by atoms with Crippen molar-refractivity contribution < 1.29 is 4.74 Å². The van der Waals surface area contributed by atoms with Gasteiger partial charge in [0.1, 0.15) is 5.75 Å². The molecule has 1 atom stereocenters. The molecule has 0 heterocycles. The van der Waals surface area contributed by atoms with Crippen LogP contribution in [0, 0.1) is 5.92 Å². The Bertz CT molecular complexity index is 361. The van der Waals surface area contributed by atoms with Gasteiger partial charge in [-0.15, -0.1) is 0 Å². The van der Waals surface area contributed by atoms with E-state index in [1.807, 2.05) is 7.05 Å². The van der Waals surface area contributed by atoms with Crippen LogP contribution in [0.3, 0.4) is 0 Å². The highest BCUT2D eigenvalue weighted by molar-refractivity contribution is 5.29. The Morgan fingerprint density at radius 1 is 1.16 bits per heavy atom. The maximum Gasteiger partial charge on any atom is 0.119 e. The smallest absolute Gasteiger partial charge is 0.119 e. The Hall–Kier alpha value is -1.02. The number of benzene rings is 1. The zero-order valence-electron chi connectivity index (χ0n) is 12.5. The second-order valence-electron chi connectivity index (χ2n) is 5.82. The Labute approximate surface area is 117 Å². The largest absolute Gasteiger partial charge is 0.490 e. The van der Waals surface area contributed by atoms with Gasteiger partial charge in [0.25, 0.3) is 0 Å². The average molecular weight is 261 g/mol. The Kier molecular flexibility index (Phi) is 5.26.